The summed E-state index contributed by atoms with van der Waals surface area (Å²) in [5.74, 6) is 0.830. The third kappa shape index (κ3) is 2.86. The van der Waals surface area contributed by atoms with Gasteiger partial charge >= 0.3 is 0 Å². The van der Waals surface area contributed by atoms with Crippen LogP contribution in [0.1, 0.15) is 17.3 Å². The third-order valence-corrected chi connectivity index (χ3v) is 3.81. The molecule has 0 aliphatic carbocycles. The second-order valence-corrected chi connectivity index (χ2v) is 5.25. The molecule has 1 aliphatic rings. The minimum Gasteiger partial charge on any atom is -0.346 e. The van der Waals surface area contributed by atoms with Gasteiger partial charge < -0.3 is 9.80 Å². The molecule has 1 fully saturated rings. The molecule has 1 saturated heterocycles. The second kappa shape index (κ2) is 5.90. The molecule has 106 valence electrons. The summed E-state index contributed by atoms with van der Waals surface area (Å²) in [6.07, 6.45) is 3.23. The lowest BCUT2D eigenvalue weighted by Gasteiger charge is -2.40. The molecule has 1 aromatic heterocycles. The summed E-state index contributed by atoms with van der Waals surface area (Å²) < 4.78 is 0. The van der Waals surface area contributed by atoms with Crippen LogP contribution in [0.4, 0.5) is 5.82 Å². The highest BCUT2D eigenvalue weighted by Gasteiger charge is 2.27. The van der Waals surface area contributed by atoms with E-state index < -0.39 is 0 Å². The van der Waals surface area contributed by atoms with Crippen LogP contribution < -0.4 is 4.90 Å². The minimum atomic E-state index is 0.257. The van der Waals surface area contributed by atoms with E-state index in [1.54, 1.807) is 6.20 Å². The highest BCUT2D eigenvalue weighted by atomic mass is 15.3. The van der Waals surface area contributed by atoms with E-state index in [1.807, 2.05) is 12.1 Å². The Bertz CT molecular complexity index is 632. The van der Waals surface area contributed by atoms with Gasteiger partial charge in [0, 0.05) is 19.6 Å². The van der Waals surface area contributed by atoms with E-state index in [0.29, 0.717) is 5.69 Å². The van der Waals surface area contributed by atoms with Crippen LogP contribution in [-0.4, -0.2) is 41.5 Å². The molecule has 1 unspecified atom stereocenters. The lowest BCUT2D eigenvalue weighted by molar-refractivity contribution is 0.268. The van der Waals surface area contributed by atoms with Crippen LogP contribution in [0.25, 0.3) is 0 Å². The Balaban J connectivity index is 1.92. The maximum absolute atomic E-state index is 8.83. The van der Waals surface area contributed by atoms with Crippen molar-refractivity contribution in [3.05, 3.63) is 54.0 Å². The monoisotopic (exact) mass is 279 g/mol. The van der Waals surface area contributed by atoms with Gasteiger partial charge in [-0.25, -0.2) is 9.97 Å². The van der Waals surface area contributed by atoms with E-state index in [0.717, 1.165) is 25.5 Å². The standard InChI is InChI=1S/C16H17N5/c1-20-7-8-21(16-11-18-14(9-17)10-19-16)15(12-20)13-5-3-2-4-6-13/h2-6,10-11,15H,7-8,12H2,1H3. The van der Waals surface area contributed by atoms with Gasteiger partial charge in [0.25, 0.3) is 0 Å². The highest BCUT2D eigenvalue weighted by Crippen LogP contribution is 2.28. The van der Waals surface area contributed by atoms with Gasteiger partial charge in [0.2, 0.25) is 0 Å². The number of nitriles is 1. The van der Waals surface area contributed by atoms with Crippen LogP contribution in [0.3, 0.4) is 0 Å². The summed E-state index contributed by atoms with van der Waals surface area (Å²) >= 11 is 0. The number of likely N-dealkylation sites (N-methyl/N-ethyl adjacent to an activating group) is 1. The lowest BCUT2D eigenvalue weighted by Crippen LogP contribution is -2.47. The van der Waals surface area contributed by atoms with E-state index in [4.69, 9.17) is 5.26 Å². The smallest absolute Gasteiger partial charge is 0.158 e. The topological polar surface area (TPSA) is 56.0 Å². The second-order valence-electron chi connectivity index (χ2n) is 5.25. The van der Waals surface area contributed by atoms with Crippen LogP contribution in [0, 0.1) is 11.3 Å². The molecule has 1 atom stereocenters. The highest BCUT2D eigenvalue weighted by molar-refractivity contribution is 5.42. The molecule has 0 radical (unpaired) electrons. The maximum Gasteiger partial charge on any atom is 0.158 e. The zero-order valence-corrected chi connectivity index (χ0v) is 12.0. The first kappa shape index (κ1) is 13.5. The fourth-order valence-corrected chi connectivity index (χ4v) is 2.68. The predicted octanol–water partition coefficient (Wildman–Crippen LogP) is 1.84. The molecular formula is C16H17N5. The van der Waals surface area contributed by atoms with E-state index >= 15 is 0 Å². The van der Waals surface area contributed by atoms with Gasteiger partial charge in [-0.15, -0.1) is 0 Å². The number of aromatic nitrogens is 2. The zero-order valence-electron chi connectivity index (χ0n) is 12.0. The summed E-state index contributed by atoms with van der Waals surface area (Å²) in [6.45, 7) is 2.84. The fraction of sp³-hybridized carbons (Fsp3) is 0.312. The third-order valence-electron chi connectivity index (χ3n) is 3.81. The number of piperazine rings is 1. The first-order chi connectivity index (χ1) is 10.3. The molecule has 2 aromatic rings. The normalized spacial score (nSPS) is 19.2. The summed E-state index contributed by atoms with van der Waals surface area (Å²) in [6, 6.07) is 12.7. The van der Waals surface area contributed by atoms with E-state index in [1.165, 1.54) is 11.8 Å². The summed E-state index contributed by atoms with van der Waals surface area (Å²) in [7, 11) is 2.14. The Morgan fingerprint density at radius 2 is 1.95 bits per heavy atom. The Hall–Kier alpha value is -2.45. The molecule has 0 bridgehead atoms. The Labute approximate surface area is 124 Å². The minimum absolute atomic E-state index is 0.257. The van der Waals surface area contributed by atoms with Gasteiger partial charge in [0.05, 0.1) is 18.4 Å². The van der Waals surface area contributed by atoms with Crippen LogP contribution in [-0.2, 0) is 0 Å². The Morgan fingerprint density at radius 3 is 2.62 bits per heavy atom. The van der Waals surface area contributed by atoms with Crippen molar-refractivity contribution in [2.24, 2.45) is 0 Å². The summed E-state index contributed by atoms with van der Waals surface area (Å²) in [4.78, 5) is 13.1. The Kier molecular flexibility index (Phi) is 3.80. The van der Waals surface area contributed by atoms with Crippen molar-refractivity contribution in [1.29, 1.82) is 5.26 Å². The number of nitrogens with zero attached hydrogens (tertiary/aromatic N) is 5. The van der Waals surface area contributed by atoms with Crippen LogP contribution in [0.2, 0.25) is 0 Å². The van der Waals surface area contributed by atoms with Crippen molar-refractivity contribution in [3.63, 3.8) is 0 Å². The molecule has 1 aliphatic heterocycles. The van der Waals surface area contributed by atoms with Crippen LogP contribution in [0.5, 0.6) is 0 Å². The molecule has 0 spiro atoms. The number of anilines is 1. The first-order valence-corrected chi connectivity index (χ1v) is 7.00. The molecule has 3 rings (SSSR count). The summed E-state index contributed by atoms with van der Waals surface area (Å²) in [5.41, 5.74) is 1.62. The van der Waals surface area contributed by atoms with Crippen molar-refractivity contribution in [1.82, 2.24) is 14.9 Å². The molecule has 21 heavy (non-hydrogen) atoms. The van der Waals surface area contributed by atoms with Crippen molar-refractivity contribution in [3.8, 4) is 6.07 Å². The average molecular weight is 279 g/mol. The number of rotatable bonds is 2. The van der Waals surface area contributed by atoms with Gasteiger partial charge in [0.1, 0.15) is 11.9 Å². The van der Waals surface area contributed by atoms with Crippen molar-refractivity contribution < 1.29 is 0 Å². The van der Waals surface area contributed by atoms with Crippen LogP contribution >= 0.6 is 0 Å². The average Bonchev–Trinajstić information content (AvgIpc) is 2.56. The van der Waals surface area contributed by atoms with Crippen molar-refractivity contribution in [2.75, 3.05) is 31.6 Å². The van der Waals surface area contributed by atoms with Crippen LogP contribution in [0.15, 0.2) is 42.7 Å². The largest absolute Gasteiger partial charge is 0.346 e. The fourth-order valence-electron chi connectivity index (χ4n) is 2.68. The van der Waals surface area contributed by atoms with Crippen molar-refractivity contribution >= 4 is 5.82 Å². The molecule has 0 amide bonds. The molecule has 0 saturated carbocycles. The first-order valence-electron chi connectivity index (χ1n) is 7.00. The predicted molar refractivity (Wildman–Crippen MR) is 80.8 cm³/mol. The SMILES string of the molecule is CN1CCN(c2cnc(C#N)cn2)C(c2ccccc2)C1. The molecule has 2 heterocycles. The molecule has 5 heteroatoms. The van der Waals surface area contributed by atoms with Gasteiger partial charge in [-0.05, 0) is 12.6 Å². The number of hydrogen-bond acceptors (Lipinski definition) is 5. The maximum atomic E-state index is 8.83. The van der Waals surface area contributed by atoms with E-state index in [-0.39, 0.29) is 6.04 Å². The number of benzene rings is 1. The Morgan fingerprint density at radius 1 is 1.14 bits per heavy atom. The van der Waals surface area contributed by atoms with E-state index in [2.05, 4.69) is 51.1 Å². The molecule has 1 aromatic carbocycles. The van der Waals surface area contributed by atoms with Gasteiger partial charge in [-0.2, -0.15) is 5.26 Å². The molecule has 5 nitrogen and oxygen atoms in total. The van der Waals surface area contributed by atoms with Gasteiger partial charge in [-0.1, -0.05) is 30.3 Å². The lowest BCUT2D eigenvalue weighted by atomic mass is 10.0. The quantitative estimate of drug-likeness (QED) is 0.839. The van der Waals surface area contributed by atoms with E-state index in [9.17, 15) is 0 Å². The van der Waals surface area contributed by atoms with Gasteiger partial charge in [0.15, 0.2) is 5.69 Å². The molecule has 0 N–H and O–H groups in total. The summed E-state index contributed by atoms with van der Waals surface area (Å²) in [5, 5.41) is 8.83. The number of hydrogen-bond donors (Lipinski definition) is 0. The molecular weight excluding hydrogens is 262 g/mol. The van der Waals surface area contributed by atoms with Gasteiger partial charge in [-0.3, -0.25) is 0 Å². The van der Waals surface area contributed by atoms with Crippen molar-refractivity contribution in [2.45, 2.75) is 6.04 Å². The zero-order chi connectivity index (χ0) is 14.7.